The van der Waals surface area contributed by atoms with Crippen LogP contribution in [0.15, 0.2) is 0 Å². The van der Waals surface area contributed by atoms with E-state index in [0.29, 0.717) is 11.6 Å². The summed E-state index contributed by atoms with van der Waals surface area (Å²) in [5.41, 5.74) is 0.371. The molecule has 0 N–H and O–H groups in total. The second kappa shape index (κ2) is 5.68. The van der Waals surface area contributed by atoms with Gasteiger partial charge in [0.25, 0.3) is 0 Å². The Morgan fingerprint density at radius 3 is 2.41 bits per heavy atom. The highest BCUT2D eigenvalue weighted by Gasteiger charge is 2.29. The van der Waals surface area contributed by atoms with Crippen molar-refractivity contribution < 1.29 is 4.74 Å². The third kappa shape index (κ3) is 3.43. The summed E-state index contributed by atoms with van der Waals surface area (Å²) >= 11 is 0. The molecule has 2 saturated heterocycles. The molecular formula is C14H28N2O. The SMILES string of the molecule is CCC(C)(C)N1CCN(CC2CCCO2)CC1. The summed E-state index contributed by atoms with van der Waals surface area (Å²) in [5.74, 6) is 0. The molecule has 0 aromatic rings. The third-order valence-electron chi connectivity index (χ3n) is 4.58. The Morgan fingerprint density at radius 1 is 1.18 bits per heavy atom. The zero-order valence-electron chi connectivity index (χ0n) is 11.7. The molecule has 3 nitrogen and oxygen atoms in total. The monoisotopic (exact) mass is 240 g/mol. The Morgan fingerprint density at radius 2 is 1.88 bits per heavy atom. The predicted molar refractivity (Wildman–Crippen MR) is 71.4 cm³/mol. The van der Waals surface area contributed by atoms with Gasteiger partial charge in [0.15, 0.2) is 0 Å². The van der Waals surface area contributed by atoms with Crippen molar-refractivity contribution in [2.45, 2.75) is 51.7 Å². The minimum absolute atomic E-state index is 0.371. The summed E-state index contributed by atoms with van der Waals surface area (Å²) in [6.45, 7) is 14.0. The number of piperazine rings is 1. The van der Waals surface area contributed by atoms with Crippen molar-refractivity contribution in [2.24, 2.45) is 0 Å². The van der Waals surface area contributed by atoms with E-state index in [1.807, 2.05) is 0 Å². The van der Waals surface area contributed by atoms with Gasteiger partial charge in [-0.25, -0.2) is 0 Å². The molecule has 0 aromatic heterocycles. The van der Waals surface area contributed by atoms with Crippen LogP contribution < -0.4 is 0 Å². The average Bonchev–Trinajstić information content (AvgIpc) is 2.83. The summed E-state index contributed by atoms with van der Waals surface area (Å²) in [6, 6.07) is 0. The van der Waals surface area contributed by atoms with Crippen LogP contribution in [0, 0.1) is 0 Å². The van der Waals surface area contributed by atoms with Gasteiger partial charge in [0.1, 0.15) is 0 Å². The third-order valence-corrected chi connectivity index (χ3v) is 4.58. The van der Waals surface area contributed by atoms with Gasteiger partial charge in [-0.2, -0.15) is 0 Å². The van der Waals surface area contributed by atoms with Gasteiger partial charge in [-0.05, 0) is 33.1 Å². The largest absolute Gasteiger partial charge is 0.377 e. The van der Waals surface area contributed by atoms with Crippen molar-refractivity contribution in [1.82, 2.24) is 9.80 Å². The van der Waals surface area contributed by atoms with Gasteiger partial charge in [-0.15, -0.1) is 0 Å². The lowest BCUT2D eigenvalue weighted by atomic mass is 9.98. The summed E-state index contributed by atoms with van der Waals surface area (Å²) in [5, 5.41) is 0. The zero-order valence-corrected chi connectivity index (χ0v) is 11.7. The van der Waals surface area contributed by atoms with E-state index in [9.17, 15) is 0 Å². The molecule has 0 radical (unpaired) electrons. The molecule has 0 bridgehead atoms. The van der Waals surface area contributed by atoms with Crippen LogP contribution in [0.2, 0.25) is 0 Å². The van der Waals surface area contributed by atoms with Crippen molar-refractivity contribution >= 4 is 0 Å². The van der Waals surface area contributed by atoms with E-state index in [1.54, 1.807) is 0 Å². The first-order valence-corrected chi connectivity index (χ1v) is 7.21. The van der Waals surface area contributed by atoms with E-state index in [-0.39, 0.29) is 0 Å². The van der Waals surface area contributed by atoms with E-state index < -0.39 is 0 Å². The smallest absolute Gasteiger partial charge is 0.0702 e. The van der Waals surface area contributed by atoms with Crippen LogP contribution >= 0.6 is 0 Å². The lowest BCUT2D eigenvalue weighted by Crippen LogP contribution is -2.55. The molecule has 0 saturated carbocycles. The molecule has 2 aliphatic heterocycles. The fourth-order valence-corrected chi connectivity index (χ4v) is 2.84. The fraction of sp³-hybridized carbons (Fsp3) is 1.00. The van der Waals surface area contributed by atoms with Gasteiger partial charge >= 0.3 is 0 Å². The fourth-order valence-electron chi connectivity index (χ4n) is 2.84. The molecule has 17 heavy (non-hydrogen) atoms. The number of hydrogen-bond acceptors (Lipinski definition) is 3. The van der Waals surface area contributed by atoms with E-state index in [2.05, 4.69) is 30.6 Å². The number of hydrogen-bond donors (Lipinski definition) is 0. The maximum absolute atomic E-state index is 5.72. The molecular weight excluding hydrogens is 212 g/mol. The van der Waals surface area contributed by atoms with Gasteiger partial charge in [0.2, 0.25) is 0 Å². The summed E-state index contributed by atoms with van der Waals surface area (Å²) in [7, 11) is 0. The lowest BCUT2D eigenvalue weighted by molar-refractivity contribution is 0.0200. The van der Waals surface area contributed by atoms with Crippen molar-refractivity contribution in [3.05, 3.63) is 0 Å². The Kier molecular flexibility index (Phi) is 4.45. The first-order chi connectivity index (χ1) is 8.12. The van der Waals surface area contributed by atoms with Crippen LogP contribution in [0.1, 0.15) is 40.0 Å². The highest BCUT2D eigenvalue weighted by molar-refractivity contribution is 4.85. The molecule has 2 aliphatic rings. The van der Waals surface area contributed by atoms with E-state index in [1.165, 1.54) is 45.4 Å². The maximum Gasteiger partial charge on any atom is 0.0702 e. The van der Waals surface area contributed by atoms with Gasteiger partial charge in [0, 0.05) is 44.9 Å². The molecule has 2 fully saturated rings. The number of ether oxygens (including phenoxy) is 1. The van der Waals surface area contributed by atoms with E-state index >= 15 is 0 Å². The van der Waals surface area contributed by atoms with Crippen molar-refractivity contribution in [3.8, 4) is 0 Å². The van der Waals surface area contributed by atoms with Crippen molar-refractivity contribution in [3.63, 3.8) is 0 Å². The summed E-state index contributed by atoms with van der Waals surface area (Å²) in [4.78, 5) is 5.22. The van der Waals surface area contributed by atoms with E-state index in [0.717, 1.165) is 13.2 Å². The predicted octanol–water partition coefficient (Wildman–Crippen LogP) is 1.97. The highest BCUT2D eigenvalue weighted by Crippen LogP contribution is 2.21. The summed E-state index contributed by atoms with van der Waals surface area (Å²) in [6.07, 6.45) is 4.27. The Bertz CT molecular complexity index is 228. The minimum Gasteiger partial charge on any atom is -0.377 e. The van der Waals surface area contributed by atoms with Crippen molar-refractivity contribution in [1.29, 1.82) is 0 Å². The van der Waals surface area contributed by atoms with Gasteiger partial charge < -0.3 is 4.74 Å². The summed E-state index contributed by atoms with van der Waals surface area (Å²) < 4.78 is 5.72. The molecule has 1 atom stereocenters. The first kappa shape index (κ1) is 13.3. The Labute approximate surface area is 106 Å². The number of nitrogens with zero attached hydrogens (tertiary/aromatic N) is 2. The van der Waals surface area contributed by atoms with E-state index in [4.69, 9.17) is 4.74 Å². The second-order valence-corrected chi connectivity index (χ2v) is 6.09. The molecule has 1 unspecified atom stereocenters. The Balaban J connectivity index is 1.74. The van der Waals surface area contributed by atoms with Crippen LogP contribution in [-0.4, -0.2) is 60.8 Å². The molecule has 0 aliphatic carbocycles. The van der Waals surface area contributed by atoms with Crippen LogP contribution in [0.3, 0.4) is 0 Å². The standard InChI is InChI=1S/C14H28N2O/c1-4-14(2,3)16-9-7-15(8-10-16)12-13-6-5-11-17-13/h13H,4-12H2,1-3H3. The van der Waals surface area contributed by atoms with Gasteiger partial charge in [-0.3, -0.25) is 9.80 Å². The Hall–Kier alpha value is -0.120. The van der Waals surface area contributed by atoms with Crippen LogP contribution in [-0.2, 0) is 4.74 Å². The second-order valence-electron chi connectivity index (χ2n) is 6.09. The topological polar surface area (TPSA) is 15.7 Å². The van der Waals surface area contributed by atoms with Gasteiger partial charge in [0.05, 0.1) is 6.10 Å². The zero-order chi connectivity index (χ0) is 12.3. The first-order valence-electron chi connectivity index (χ1n) is 7.21. The maximum atomic E-state index is 5.72. The van der Waals surface area contributed by atoms with Crippen molar-refractivity contribution in [2.75, 3.05) is 39.3 Å². The number of rotatable bonds is 4. The molecule has 0 amide bonds. The molecule has 100 valence electrons. The lowest BCUT2D eigenvalue weighted by Gasteiger charge is -2.44. The molecule has 0 spiro atoms. The molecule has 0 aromatic carbocycles. The molecule has 2 heterocycles. The molecule has 3 heteroatoms. The highest BCUT2D eigenvalue weighted by atomic mass is 16.5. The minimum atomic E-state index is 0.371. The normalized spacial score (nSPS) is 28.8. The molecule has 2 rings (SSSR count). The van der Waals surface area contributed by atoms with Crippen LogP contribution in [0.5, 0.6) is 0 Å². The quantitative estimate of drug-likeness (QED) is 0.747. The van der Waals surface area contributed by atoms with Crippen LogP contribution in [0.25, 0.3) is 0 Å². The van der Waals surface area contributed by atoms with Crippen LogP contribution in [0.4, 0.5) is 0 Å². The average molecular weight is 240 g/mol. The van der Waals surface area contributed by atoms with Gasteiger partial charge in [-0.1, -0.05) is 6.92 Å².